The van der Waals surface area contributed by atoms with Crippen LogP contribution >= 0.6 is 33.2 Å². The predicted molar refractivity (Wildman–Crippen MR) is 313 cm³/mol. The van der Waals surface area contributed by atoms with E-state index in [1.807, 2.05) is 64.1 Å². The number of rotatable bonds is 18. The summed E-state index contributed by atoms with van der Waals surface area (Å²) in [5, 5.41) is 19.9. The Morgan fingerprint density at radius 3 is 2.48 bits per heavy atom. The van der Waals surface area contributed by atoms with Crippen LogP contribution in [0.5, 0.6) is 5.75 Å². The van der Waals surface area contributed by atoms with Crippen LogP contribution in [0.3, 0.4) is 0 Å². The molecule has 5 aliphatic rings. The van der Waals surface area contributed by atoms with Crippen LogP contribution in [0.2, 0.25) is 5.02 Å². The monoisotopic (exact) mass is 1210 g/mol. The number of amides is 6. The molecular formula is C59H77ClN6O15S2. The van der Waals surface area contributed by atoms with Gasteiger partial charge in [-0.1, -0.05) is 70.0 Å². The van der Waals surface area contributed by atoms with Crippen LogP contribution in [0, 0.1) is 12.8 Å². The minimum atomic E-state index is -1.86. The number of hydrazone groups is 1. The molecule has 0 aromatic heterocycles. The summed E-state index contributed by atoms with van der Waals surface area (Å²) in [5.74, 6) is -3.15. The average Bonchev–Trinajstić information content (AvgIpc) is 3.04. The van der Waals surface area contributed by atoms with Crippen molar-refractivity contribution < 1.29 is 72.0 Å². The summed E-state index contributed by atoms with van der Waals surface area (Å²) in [6.07, 6.45) is 4.54. The molecule has 0 radical (unpaired) electrons. The molecule has 1 aliphatic carbocycles. The molecule has 0 spiro atoms. The average molecular weight is 1210 g/mol. The SMILES string of the molecule is CO[C@@H]1/C=C/C=C(\C)Cc2cc(C)c(Cl)c(c2)N(C)C(=O)C[C@H](OC(=O)[C@H](C)N(C)C(=O)CCSSC(C)(C)CC(=O)N/N=C2\CCCCc3cc(OCCCC(=O)ON4C(=O)CCC4=O)ccc32)[C@]2(C)O[C@H]2[C@H](C)[C@@H]2C[C@@]1(O)NC(=O)O2. The highest BCUT2D eigenvalue weighted by Gasteiger charge is 2.64. The number of carbonyl (C=O) groups excluding carboxylic acids is 8. The van der Waals surface area contributed by atoms with Gasteiger partial charge in [0.15, 0.2) is 5.72 Å². The topological polar surface area (TPSA) is 262 Å². The molecule has 21 nitrogen and oxygen atoms in total. The number of nitrogens with zero attached hydrogens (tertiary/aromatic N) is 4. The van der Waals surface area contributed by atoms with Crippen LogP contribution in [0.1, 0.15) is 134 Å². The minimum absolute atomic E-state index is 0.0256. The predicted octanol–water partition coefficient (Wildman–Crippen LogP) is 7.77. The number of ether oxygens (including phenoxy) is 5. The maximum absolute atomic E-state index is 14.4. The number of imide groups is 1. The first kappa shape index (κ1) is 64.6. The quantitative estimate of drug-likeness (QED) is 0.0245. The van der Waals surface area contributed by atoms with E-state index in [1.54, 1.807) is 40.0 Å². The molecule has 6 amide bonds. The fraction of sp³-hybridized carbons (Fsp3) is 0.576. The molecule has 4 aliphatic heterocycles. The number of nitrogens with one attached hydrogen (secondary N) is 2. The van der Waals surface area contributed by atoms with Crippen molar-refractivity contribution in [3.8, 4) is 5.75 Å². The summed E-state index contributed by atoms with van der Waals surface area (Å²) >= 11 is 6.85. The molecule has 2 aromatic rings. The van der Waals surface area contributed by atoms with E-state index in [9.17, 15) is 43.5 Å². The zero-order chi connectivity index (χ0) is 60.6. The second kappa shape index (κ2) is 27.8. The lowest BCUT2D eigenvalue weighted by Crippen LogP contribution is -2.63. The highest BCUT2D eigenvalue weighted by Crippen LogP contribution is 2.49. The summed E-state index contributed by atoms with van der Waals surface area (Å²) < 4.78 is 29.3. The molecule has 8 atom stereocenters. The molecule has 83 heavy (non-hydrogen) atoms. The smallest absolute Gasteiger partial charge is 0.409 e. The maximum Gasteiger partial charge on any atom is 0.409 e. The van der Waals surface area contributed by atoms with Crippen molar-refractivity contribution in [2.24, 2.45) is 11.0 Å². The number of esters is 1. The number of aryl methyl sites for hydroxylation is 2. The van der Waals surface area contributed by atoms with Crippen LogP contribution in [0.25, 0.3) is 0 Å². The van der Waals surface area contributed by atoms with Gasteiger partial charge in [0.25, 0.3) is 11.8 Å². The van der Waals surface area contributed by atoms with Gasteiger partial charge >= 0.3 is 18.0 Å². The molecule has 0 unspecified atom stereocenters. The number of allylic oxidation sites excluding steroid dienone is 3. The number of hydrogen-bond acceptors (Lipinski definition) is 18. The molecule has 3 N–H and O–H groups in total. The fourth-order valence-corrected chi connectivity index (χ4v) is 13.3. The van der Waals surface area contributed by atoms with Crippen molar-refractivity contribution in [1.82, 2.24) is 20.7 Å². The van der Waals surface area contributed by atoms with E-state index in [1.165, 1.54) is 45.5 Å². The number of aliphatic hydroxyl groups is 1. The number of benzene rings is 2. The highest BCUT2D eigenvalue weighted by atomic mass is 35.5. The molecule has 2 aromatic carbocycles. The third-order valence-corrected chi connectivity index (χ3v) is 19.4. The van der Waals surface area contributed by atoms with E-state index in [0.717, 1.165) is 52.8 Å². The third kappa shape index (κ3) is 16.5. The Labute approximate surface area is 497 Å². The molecular weight excluding hydrogens is 1130 g/mol. The standard InChI is InChI=1S/C59H77ClN6O15S2/c1-34-15-13-18-45(76-10)59(75)32-44(78-56(74)61-59)36(3)54-58(7,80-54)46(31-51(71)65(9)43-29-38(27-34)28-35(2)53(43)60)79-55(73)37(4)64(8)48(68)24-26-82-83-57(5,6)33-47(67)63-62-42-17-12-11-16-39-30-40(20-21-41(39)42)77-25-14-19-52(72)81-66-49(69)22-23-50(66)70/h13,15,18,20-21,28-30,36-37,44-46,54,75H,11-12,14,16-17,19,22-27,31-33H2,1-10H3,(H,61,74)(H,63,67)/b18-13+,34-15+,62-42+/t36-,37+,44+,45-,46+,54+,58+,59+/m1/s1. The second-order valence-electron chi connectivity index (χ2n) is 22.7. The lowest BCUT2D eigenvalue weighted by atomic mass is 9.83. The lowest BCUT2D eigenvalue weighted by Gasteiger charge is -2.42. The Morgan fingerprint density at radius 1 is 1.04 bits per heavy atom. The van der Waals surface area contributed by atoms with Crippen molar-refractivity contribution in [2.45, 2.75) is 178 Å². The van der Waals surface area contributed by atoms with Crippen LogP contribution < -0.4 is 20.4 Å². The normalized spacial score (nSPS) is 26.7. The fourth-order valence-electron chi connectivity index (χ4n) is 10.6. The molecule has 452 valence electrons. The van der Waals surface area contributed by atoms with E-state index in [0.29, 0.717) is 46.5 Å². The Bertz CT molecular complexity index is 2900. The molecule has 3 fully saturated rings. The second-order valence-corrected chi connectivity index (χ2v) is 26.2. The summed E-state index contributed by atoms with van der Waals surface area (Å²) in [6, 6.07) is 8.36. The van der Waals surface area contributed by atoms with E-state index in [4.69, 9.17) is 40.1 Å². The number of hydroxylamine groups is 2. The van der Waals surface area contributed by atoms with Gasteiger partial charge in [0, 0.05) is 75.3 Å². The van der Waals surface area contributed by atoms with Gasteiger partial charge < -0.3 is 43.4 Å². The van der Waals surface area contributed by atoms with Crippen molar-refractivity contribution in [2.75, 3.05) is 38.5 Å². The highest BCUT2D eigenvalue weighted by molar-refractivity contribution is 8.77. The zero-order valence-electron chi connectivity index (χ0n) is 48.8. The van der Waals surface area contributed by atoms with Crippen molar-refractivity contribution >= 4 is 92.2 Å². The molecule has 4 heterocycles. The first-order chi connectivity index (χ1) is 39.2. The summed E-state index contributed by atoms with van der Waals surface area (Å²) in [5.41, 5.74) is 5.35. The zero-order valence-corrected chi connectivity index (χ0v) is 51.2. The number of anilines is 1. The van der Waals surface area contributed by atoms with E-state index in [-0.39, 0.29) is 63.4 Å². The Morgan fingerprint density at radius 2 is 1.76 bits per heavy atom. The number of alkyl carbamates (subject to hydrolysis) is 1. The number of methoxy groups -OCH3 is 1. The van der Waals surface area contributed by atoms with E-state index in [2.05, 4.69) is 15.8 Å². The number of carbonyl (C=O) groups is 8. The lowest BCUT2D eigenvalue weighted by molar-refractivity contribution is -0.197. The van der Waals surface area contributed by atoms with Gasteiger partial charge in [-0.25, -0.2) is 19.8 Å². The summed E-state index contributed by atoms with van der Waals surface area (Å²) in [6.45, 7) is 12.9. The number of hydrogen-bond donors (Lipinski definition) is 3. The molecule has 3 saturated heterocycles. The van der Waals surface area contributed by atoms with Gasteiger partial charge in [-0.2, -0.15) is 5.10 Å². The Kier molecular flexibility index (Phi) is 21.6. The van der Waals surface area contributed by atoms with Crippen molar-refractivity contribution in [1.29, 1.82) is 0 Å². The van der Waals surface area contributed by atoms with Crippen LogP contribution in [-0.2, 0) is 70.2 Å². The van der Waals surface area contributed by atoms with E-state index >= 15 is 0 Å². The van der Waals surface area contributed by atoms with Gasteiger partial charge in [-0.15, -0.1) is 5.06 Å². The van der Waals surface area contributed by atoms with Crippen LogP contribution in [-0.4, -0.2) is 148 Å². The van der Waals surface area contributed by atoms with E-state index < -0.39 is 88.2 Å². The number of fused-ring (bicyclic) bond motifs is 6. The van der Waals surface area contributed by atoms with Gasteiger partial charge in [-0.3, -0.25) is 29.3 Å². The molecule has 24 heteroatoms. The Hall–Kier alpha value is -5.98. The van der Waals surface area contributed by atoms with Gasteiger partial charge in [0.1, 0.15) is 35.7 Å². The number of likely N-dealkylation sites (N-methyl/N-ethyl adjacent to an activating group) is 1. The largest absolute Gasteiger partial charge is 0.494 e. The first-order valence-electron chi connectivity index (χ1n) is 28.0. The van der Waals surface area contributed by atoms with Crippen LogP contribution in [0.4, 0.5) is 10.5 Å². The van der Waals surface area contributed by atoms with Crippen LogP contribution in [0.15, 0.2) is 59.2 Å². The summed E-state index contributed by atoms with van der Waals surface area (Å²) in [7, 11) is 7.42. The number of epoxide rings is 1. The van der Waals surface area contributed by atoms with Gasteiger partial charge in [0.2, 0.25) is 17.7 Å². The van der Waals surface area contributed by atoms with Crippen molar-refractivity contribution in [3.05, 3.63) is 81.4 Å². The molecule has 0 saturated carbocycles. The van der Waals surface area contributed by atoms with Crippen molar-refractivity contribution in [3.63, 3.8) is 0 Å². The summed E-state index contributed by atoms with van der Waals surface area (Å²) in [4.78, 5) is 112. The molecule has 7 rings (SSSR count). The Balaban J connectivity index is 0.923. The molecule has 4 bridgehead atoms. The minimum Gasteiger partial charge on any atom is -0.494 e. The maximum atomic E-state index is 14.4. The first-order valence-corrected chi connectivity index (χ1v) is 30.7. The number of halogens is 1. The third-order valence-electron chi connectivity index (χ3n) is 15.6. The van der Waals surface area contributed by atoms with Gasteiger partial charge in [0.05, 0.1) is 42.0 Å². The van der Waals surface area contributed by atoms with Gasteiger partial charge in [-0.05, 0) is 121 Å².